The Morgan fingerprint density at radius 1 is 1.03 bits per heavy atom. The van der Waals surface area contributed by atoms with Crippen LogP contribution in [0.3, 0.4) is 0 Å². The molecule has 0 spiro atoms. The molecule has 0 unspecified atom stereocenters. The number of methoxy groups -OCH3 is 1. The van der Waals surface area contributed by atoms with Crippen LogP contribution in [0.4, 0.5) is 5.69 Å². The highest BCUT2D eigenvalue weighted by molar-refractivity contribution is 7.93. The molecule has 0 aromatic heterocycles. The van der Waals surface area contributed by atoms with Crippen molar-refractivity contribution in [3.05, 3.63) is 53.1 Å². The maximum Gasteiger partial charge on any atom is 0.268 e. The number of carbonyl (C=O) groups excluding carboxylic acids is 1. The van der Waals surface area contributed by atoms with E-state index >= 15 is 0 Å². The number of benzene rings is 2. The number of amides is 1. The number of hydrogen-bond donors (Lipinski definition) is 1. The molecule has 0 fully saturated rings. The Hall–Kier alpha value is -2.54. The zero-order valence-electron chi connectivity index (χ0n) is 17.8. The SMILES string of the molecule is CCCCNC(=O)CN(c1cc(C)cc(C)c1)S(=O)(=O)c1cc(C)ccc1OC. The Bertz CT molecular complexity index is 951. The molecule has 2 aromatic carbocycles. The molecule has 2 aromatic rings. The largest absolute Gasteiger partial charge is 0.495 e. The Kier molecular flexibility index (Phi) is 7.67. The lowest BCUT2D eigenvalue weighted by Gasteiger charge is -2.26. The van der Waals surface area contributed by atoms with Crippen molar-refractivity contribution in [1.82, 2.24) is 5.32 Å². The summed E-state index contributed by atoms with van der Waals surface area (Å²) in [4.78, 5) is 12.6. The second kappa shape index (κ2) is 9.78. The Morgan fingerprint density at radius 3 is 2.28 bits per heavy atom. The van der Waals surface area contributed by atoms with Gasteiger partial charge in [0.1, 0.15) is 17.2 Å². The fraction of sp³-hybridized carbons (Fsp3) is 0.409. The number of rotatable bonds is 9. The van der Waals surface area contributed by atoms with Crippen LogP contribution in [-0.2, 0) is 14.8 Å². The minimum absolute atomic E-state index is 0.0421. The fourth-order valence-corrected chi connectivity index (χ4v) is 4.75. The summed E-state index contributed by atoms with van der Waals surface area (Å²) < 4.78 is 33.7. The van der Waals surface area contributed by atoms with Crippen molar-refractivity contribution in [2.75, 3.05) is 24.5 Å². The number of sulfonamides is 1. The summed E-state index contributed by atoms with van der Waals surface area (Å²) in [5.41, 5.74) is 3.08. The van der Waals surface area contributed by atoms with Gasteiger partial charge in [0, 0.05) is 6.54 Å². The summed E-state index contributed by atoms with van der Waals surface area (Å²) in [6.45, 7) is 7.86. The number of nitrogens with one attached hydrogen (secondary N) is 1. The molecule has 29 heavy (non-hydrogen) atoms. The van der Waals surface area contributed by atoms with Gasteiger partial charge in [0.2, 0.25) is 5.91 Å². The Labute approximate surface area is 173 Å². The van der Waals surface area contributed by atoms with Crippen molar-refractivity contribution in [3.8, 4) is 5.75 Å². The first-order chi connectivity index (χ1) is 13.7. The van der Waals surface area contributed by atoms with Gasteiger partial charge in [-0.25, -0.2) is 8.42 Å². The van der Waals surface area contributed by atoms with Crippen LogP contribution in [0.25, 0.3) is 0 Å². The second-order valence-electron chi connectivity index (χ2n) is 7.22. The molecule has 0 heterocycles. The molecule has 0 atom stereocenters. The van der Waals surface area contributed by atoms with Gasteiger partial charge in [0.25, 0.3) is 10.0 Å². The highest BCUT2D eigenvalue weighted by atomic mass is 32.2. The zero-order chi connectivity index (χ0) is 21.6. The van der Waals surface area contributed by atoms with Crippen molar-refractivity contribution in [2.24, 2.45) is 0 Å². The summed E-state index contributed by atoms with van der Waals surface area (Å²) in [7, 11) is -2.60. The van der Waals surface area contributed by atoms with Crippen molar-refractivity contribution in [3.63, 3.8) is 0 Å². The van der Waals surface area contributed by atoms with Gasteiger partial charge in [-0.15, -0.1) is 0 Å². The summed E-state index contributed by atoms with van der Waals surface area (Å²) >= 11 is 0. The number of ether oxygens (including phenoxy) is 1. The molecule has 0 aliphatic rings. The Morgan fingerprint density at radius 2 is 1.69 bits per heavy atom. The summed E-state index contributed by atoms with van der Waals surface area (Å²) in [5, 5.41) is 2.80. The normalized spacial score (nSPS) is 11.2. The first kappa shape index (κ1) is 22.7. The monoisotopic (exact) mass is 418 g/mol. The molecule has 0 saturated carbocycles. The number of nitrogens with zero attached hydrogens (tertiary/aromatic N) is 1. The molecular weight excluding hydrogens is 388 g/mol. The van der Waals surface area contributed by atoms with E-state index in [1.54, 1.807) is 30.3 Å². The number of anilines is 1. The summed E-state index contributed by atoms with van der Waals surface area (Å²) in [6, 6.07) is 10.5. The van der Waals surface area contributed by atoms with E-state index in [4.69, 9.17) is 4.74 Å². The lowest BCUT2D eigenvalue weighted by Crippen LogP contribution is -2.41. The highest BCUT2D eigenvalue weighted by Crippen LogP contribution is 2.31. The van der Waals surface area contributed by atoms with E-state index in [0.717, 1.165) is 33.8 Å². The third-order valence-electron chi connectivity index (χ3n) is 4.52. The predicted molar refractivity (Wildman–Crippen MR) is 116 cm³/mol. The maximum atomic E-state index is 13.6. The minimum Gasteiger partial charge on any atom is -0.495 e. The van der Waals surface area contributed by atoms with E-state index in [-0.39, 0.29) is 23.1 Å². The van der Waals surface area contributed by atoms with E-state index in [1.807, 2.05) is 33.8 Å². The third-order valence-corrected chi connectivity index (χ3v) is 6.32. The second-order valence-corrected chi connectivity index (χ2v) is 9.05. The lowest BCUT2D eigenvalue weighted by molar-refractivity contribution is -0.119. The fourth-order valence-electron chi connectivity index (χ4n) is 3.10. The molecule has 0 bridgehead atoms. The van der Waals surface area contributed by atoms with Gasteiger partial charge in [0.15, 0.2) is 0 Å². The molecule has 158 valence electrons. The molecule has 6 nitrogen and oxygen atoms in total. The van der Waals surface area contributed by atoms with Crippen LogP contribution in [0.2, 0.25) is 0 Å². The quantitative estimate of drug-likeness (QED) is 0.630. The van der Waals surface area contributed by atoms with Gasteiger partial charge in [-0.3, -0.25) is 9.10 Å². The van der Waals surface area contributed by atoms with E-state index < -0.39 is 10.0 Å². The molecule has 0 aliphatic heterocycles. The number of unbranched alkanes of at least 4 members (excludes halogenated alkanes) is 1. The number of aryl methyl sites for hydroxylation is 3. The van der Waals surface area contributed by atoms with Gasteiger partial charge >= 0.3 is 0 Å². The van der Waals surface area contributed by atoms with E-state index in [0.29, 0.717) is 12.2 Å². The zero-order valence-corrected chi connectivity index (χ0v) is 18.6. The van der Waals surface area contributed by atoms with E-state index in [1.165, 1.54) is 7.11 Å². The molecule has 7 heteroatoms. The van der Waals surface area contributed by atoms with Crippen LogP contribution < -0.4 is 14.4 Å². The van der Waals surface area contributed by atoms with Gasteiger partial charge in [0.05, 0.1) is 12.8 Å². The van der Waals surface area contributed by atoms with E-state index in [2.05, 4.69) is 5.32 Å². The van der Waals surface area contributed by atoms with Gasteiger partial charge in [-0.1, -0.05) is 25.5 Å². The van der Waals surface area contributed by atoms with Crippen molar-refractivity contribution in [2.45, 2.75) is 45.4 Å². The van der Waals surface area contributed by atoms with Crippen molar-refractivity contribution >= 4 is 21.6 Å². The average Bonchev–Trinajstić information content (AvgIpc) is 2.65. The highest BCUT2D eigenvalue weighted by Gasteiger charge is 2.30. The third kappa shape index (κ3) is 5.73. The summed E-state index contributed by atoms with van der Waals surface area (Å²) in [6.07, 6.45) is 1.79. The summed E-state index contributed by atoms with van der Waals surface area (Å²) in [5.74, 6) is -0.0934. The van der Waals surface area contributed by atoms with Crippen LogP contribution in [-0.4, -0.2) is 34.5 Å². The Balaban J connectivity index is 2.54. The van der Waals surface area contributed by atoms with Crippen LogP contribution in [0.5, 0.6) is 5.75 Å². The van der Waals surface area contributed by atoms with Gasteiger partial charge in [-0.2, -0.15) is 0 Å². The molecule has 0 saturated heterocycles. The topological polar surface area (TPSA) is 75.7 Å². The maximum absolute atomic E-state index is 13.6. The van der Waals surface area contributed by atoms with Crippen LogP contribution in [0, 0.1) is 20.8 Å². The molecule has 0 aliphatic carbocycles. The van der Waals surface area contributed by atoms with Crippen LogP contribution in [0.1, 0.15) is 36.5 Å². The molecule has 1 amide bonds. The van der Waals surface area contributed by atoms with Gasteiger partial charge < -0.3 is 10.1 Å². The molecular formula is C22H30N2O4S. The molecule has 0 radical (unpaired) electrons. The smallest absolute Gasteiger partial charge is 0.268 e. The van der Waals surface area contributed by atoms with E-state index in [9.17, 15) is 13.2 Å². The minimum atomic E-state index is -4.03. The van der Waals surface area contributed by atoms with Crippen molar-refractivity contribution < 1.29 is 17.9 Å². The molecule has 2 rings (SSSR count). The standard InChI is InChI=1S/C22H30N2O4S/c1-6-7-10-23-22(25)15-24(19-12-17(3)11-18(4)13-19)29(26,27)21-14-16(2)8-9-20(21)28-5/h8-9,11-14H,6-7,10,15H2,1-5H3,(H,23,25). The number of hydrogen-bond acceptors (Lipinski definition) is 4. The first-order valence-electron chi connectivity index (χ1n) is 9.71. The van der Waals surface area contributed by atoms with Crippen LogP contribution >= 0.6 is 0 Å². The van der Waals surface area contributed by atoms with Crippen molar-refractivity contribution in [1.29, 1.82) is 0 Å². The number of carbonyl (C=O) groups is 1. The predicted octanol–water partition coefficient (Wildman–Crippen LogP) is 3.73. The first-order valence-corrected chi connectivity index (χ1v) is 11.2. The van der Waals surface area contributed by atoms with Gasteiger partial charge in [-0.05, 0) is 68.1 Å². The average molecular weight is 419 g/mol. The van der Waals surface area contributed by atoms with Crippen LogP contribution in [0.15, 0.2) is 41.3 Å². The lowest BCUT2D eigenvalue weighted by atomic mass is 10.1. The molecule has 1 N–H and O–H groups in total.